The zero-order valence-electron chi connectivity index (χ0n) is 8.36. The summed E-state index contributed by atoms with van der Waals surface area (Å²) in [5, 5.41) is 0.748. The molecule has 0 radical (unpaired) electrons. The summed E-state index contributed by atoms with van der Waals surface area (Å²) in [4.78, 5) is 0. The molecule has 84 valence electrons. The monoisotopic (exact) mass is 247 g/mol. The number of rotatable bonds is 1. The Morgan fingerprint density at radius 3 is 2.53 bits per heavy atom. The molecule has 1 aliphatic heterocycles. The first-order valence-corrected chi connectivity index (χ1v) is 5.28. The number of hydrogen-bond acceptors (Lipinski definition) is 2. The number of halogens is 2. The van der Waals surface area contributed by atoms with Crippen molar-refractivity contribution in [2.45, 2.75) is 25.0 Å². The lowest BCUT2D eigenvalue weighted by molar-refractivity contribution is 0.000149. The standard InChI is InChI=1S/C11H14ClNO.ClH/c12-9-5-3-8(4-6-9)11-10(13)2-1-7-14-11;/h3-6,10-11H,1-2,7,13H2;1H/t10-,11+;/m1./s1. The summed E-state index contributed by atoms with van der Waals surface area (Å²) >= 11 is 5.81. The van der Waals surface area contributed by atoms with Gasteiger partial charge in [-0.2, -0.15) is 0 Å². The summed E-state index contributed by atoms with van der Waals surface area (Å²) in [6, 6.07) is 7.84. The number of ether oxygens (including phenoxy) is 1. The van der Waals surface area contributed by atoms with Crippen molar-refractivity contribution >= 4 is 24.0 Å². The molecule has 1 saturated heterocycles. The summed E-state index contributed by atoms with van der Waals surface area (Å²) in [7, 11) is 0. The van der Waals surface area contributed by atoms with Crippen molar-refractivity contribution in [3.05, 3.63) is 34.9 Å². The van der Waals surface area contributed by atoms with Crippen LogP contribution in [0.3, 0.4) is 0 Å². The molecule has 0 aromatic heterocycles. The summed E-state index contributed by atoms with van der Waals surface area (Å²) in [6.07, 6.45) is 2.14. The van der Waals surface area contributed by atoms with Crippen LogP contribution in [-0.2, 0) is 4.74 Å². The summed E-state index contributed by atoms with van der Waals surface area (Å²) in [6.45, 7) is 0.807. The lowest BCUT2D eigenvalue weighted by Crippen LogP contribution is -2.34. The second-order valence-corrected chi connectivity index (χ2v) is 4.09. The van der Waals surface area contributed by atoms with E-state index in [9.17, 15) is 0 Å². The largest absolute Gasteiger partial charge is 0.372 e. The molecule has 0 amide bonds. The van der Waals surface area contributed by atoms with Crippen molar-refractivity contribution in [1.82, 2.24) is 0 Å². The van der Waals surface area contributed by atoms with E-state index in [1.54, 1.807) is 0 Å². The molecule has 1 heterocycles. The van der Waals surface area contributed by atoms with Gasteiger partial charge in [-0.3, -0.25) is 0 Å². The van der Waals surface area contributed by atoms with Gasteiger partial charge in [-0.25, -0.2) is 0 Å². The molecule has 0 saturated carbocycles. The Hall–Kier alpha value is -0.280. The lowest BCUT2D eigenvalue weighted by atomic mass is 9.97. The van der Waals surface area contributed by atoms with Crippen LogP contribution < -0.4 is 5.73 Å². The van der Waals surface area contributed by atoms with Crippen molar-refractivity contribution in [3.63, 3.8) is 0 Å². The molecule has 1 aromatic carbocycles. The lowest BCUT2D eigenvalue weighted by Gasteiger charge is -2.29. The van der Waals surface area contributed by atoms with E-state index in [-0.39, 0.29) is 24.6 Å². The number of hydrogen-bond donors (Lipinski definition) is 1. The molecular weight excluding hydrogens is 233 g/mol. The SMILES string of the molecule is Cl.N[C@@H]1CCCO[C@H]1c1ccc(Cl)cc1. The summed E-state index contributed by atoms with van der Waals surface area (Å²) in [5.41, 5.74) is 7.12. The minimum Gasteiger partial charge on any atom is -0.372 e. The van der Waals surface area contributed by atoms with Gasteiger partial charge in [0.15, 0.2) is 0 Å². The maximum absolute atomic E-state index is 5.99. The van der Waals surface area contributed by atoms with E-state index in [2.05, 4.69) is 0 Å². The first kappa shape index (κ1) is 12.8. The fraction of sp³-hybridized carbons (Fsp3) is 0.455. The highest BCUT2D eigenvalue weighted by molar-refractivity contribution is 6.30. The van der Waals surface area contributed by atoms with Crippen LogP contribution in [0.4, 0.5) is 0 Å². The van der Waals surface area contributed by atoms with Gasteiger partial charge in [0.05, 0.1) is 6.10 Å². The first-order chi connectivity index (χ1) is 6.77. The van der Waals surface area contributed by atoms with Gasteiger partial charge >= 0.3 is 0 Å². The zero-order chi connectivity index (χ0) is 9.97. The fourth-order valence-electron chi connectivity index (χ4n) is 1.80. The average Bonchev–Trinajstić information content (AvgIpc) is 2.20. The molecule has 1 fully saturated rings. The third kappa shape index (κ3) is 3.08. The second-order valence-electron chi connectivity index (χ2n) is 3.65. The Morgan fingerprint density at radius 2 is 1.93 bits per heavy atom. The highest BCUT2D eigenvalue weighted by Crippen LogP contribution is 2.27. The van der Waals surface area contributed by atoms with Crippen molar-refractivity contribution in [2.75, 3.05) is 6.61 Å². The molecular formula is C11H15Cl2NO. The second kappa shape index (κ2) is 5.71. The van der Waals surface area contributed by atoms with Gasteiger partial charge in [0.2, 0.25) is 0 Å². The third-order valence-electron chi connectivity index (χ3n) is 2.57. The minimum atomic E-state index is 0. The van der Waals surface area contributed by atoms with Crippen LogP contribution in [0.5, 0.6) is 0 Å². The first-order valence-electron chi connectivity index (χ1n) is 4.90. The molecule has 1 aromatic rings. The van der Waals surface area contributed by atoms with Gasteiger partial charge in [0.25, 0.3) is 0 Å². The van der Waals surface area contributed by atoms with E-state index < -0.39 is 0 Å². The van der Waals surface area contributed by atoms with Gasteiger partial charge in [-0.15, -0.1) is 12.4 Å². The molecule has 4 heteroatoms. The van der Waals surface area contributed by atoms with E-state index in [1.165, 1.54) is 0 Å². The Bertz CT molecular complexity index is 302. The quantitative estimate of drug-likeness (QED) is 0.829. The highest BCUT2D eigenvalue weighted by atomic mass is 35.5. The summed E-state index contributed by atoms with van der Waals surface area (Å²) < 4.78 is 5.65. The molecule has 1 aliphatic rings. The zero-order valence-corrected chi connectivity index (χ0v) is 9.93. The average molecular weight is 248 g/mol. The van der Waals surface area contributed by atoms with Crippen LogP contribution in [0.15, 0.2) is 24.3 Å². The molecule has 2 rings (SSSR count). The van der Waals surface area contributed by atoms with Crippen molar-refractivity contribution < 1.29 is 4.74 Å². The maximum Gasteiger partial charge on any atom is 0.0975 e. The van der Waals surface area contributed by atoms with Crippen LogP contribution in [0.1, 0.15) is 24.5 Å². The van der Waals surface area contributed by atoms with Crippen molar-refractivity contribution in [1.29, 1.82) is 0 Å². The van der Waals surface area contributed by atoms with E-state index >= 15 is 0 Å². The Kier molecular flexibility index (Phi) is 4.87. The third-order valence-corrected chi connectivity index (χ3v) is 2.82. The van der Waals surface area contributed by atoms with Crippen LogP contribution in [0.2, 0.25) is 5.02 Å². The topological polar surface area (TPSA) is 35.2 Å². The molecule has 0 aliphatic carbocycles. The predicted molar refractivity (Wildman–Crippen MR) is 64.6 cm³/mol. The van der Waals surface area contributed by atoms with E-state index in [0.717, 1.165) is 30.0 Å². The van der Waals surface area contributed by atoms with Crippen LogP contribution in [0.25, 0.3) is 0 Å². The smallest absolute Gasteiger partial charge is 0.0975 e. The Labute approximate surface area is 101 Å². The van der Waals surface area contributed by atoms with Crippen molar-refractivity contribution in [3.8, 4) is 0 Å². The van der Waals surface area contributed by atoms with Gasteiger partial charge in [-0.1, -0.05) is 23.7 Å². The molecule has 0 unspecified atom stereocenters. The Balaban J connectivity index is 0.00000112. The van der Waals surface area contributed by atoms with E-state index in [1.807, 2.05) is 24.3 Å². The fourth-order valence-corrected chi connectivity index (χ4v) is 1.93. The minimum absolute atomic E-state index is 0. The van der Waals surface area contributed by atoms with Crippen LogP contribution in [0, 0.1) is 0 Å². The normalized spacial score (nSPS) is 25.7. The molecule has 15 heavy (non-hydrogen) atoms. The van der Waals surface area contributed by atoms with Crippen molar-refractivity contribution in [2.24, 2.45) is 5.73 Å². The molecule has 0 bridgehead atoms. The van der Waals surface area contributed by atoms with E-state index in [0.29, 0.717) is 0 Å². The number of benzene rings is 1. The maximum atomic E-state index is 5.99. The van der Waals surface area contributed by atoms with Gasteiger partial charge < -0.3 is 10.5 Å². The molecule has 0 spiro atoms. The van der Waals surface area contributed by atoms with Gasteiger partial charge in [0, 0.05) is 17.7 Å². The molecule has 2 atom stereocenters. The highest BCUT2D eigenvalue weighted by Gasteiger charge is 2.23. The van der Waals surface area contributed by atoms with Crippen LogP contribution >= 0.6 is 24.0 Å². The van der Waals surface area contributed by atoms with Gasteiger partial charge in [-0.05, 0) is 30.5 Å². The van der Waals surface area contributed by atoms with E-state index in [4.69, 9.17) is 22.1 Å². The molecule has 2 nitrogen and oxygen atoms in total. The van der Waals surface area contributed by atoms with Gasteiger partial charge in [0.1, 0.15) is 0 Å². The molecule has 2 N–H and O–H groups in total. The van der Waals surface area contributed by atoms with Crippen LogP contribution in [-0.4, -0.2) is 12.6 Å². The summed E-state index contributed by atoms with van der Waals surface area (Å²) in [5.74, 6) is 0. The Morgan fingerprint density at radius 1 is 1.27 bits per heavy atom. The number of nitrogens with two attached hydrogens (primary N) is 1. The predicted octanol–water partition coefficient (Wildman–Crippen LogP) is 2.94.